The number of carbonyl (C=O) groups excluding carboxylic acids is 2. The molecule has 10 heteroatoms. The molecular weight excluding hydrogens is 488 g/mol. The van der Waals surface area contributed by atoms with Crippen molar-refractivity contribution in [1.29, 1.82) is 5.26 Å². The van der Waals surface area contributed by atoms with Crippen LogP contribution in [0.1, 0.15) is 48.6 Å². The van der Waals surface area contributed by atoms with Crippen LogP contribution in [0.4, 0.5) is 5.13 Å². The lowest BCUT2D eigenvalue weighted by Gasteiger charge is -2.21. The number of thiazole rings is 1. The molecule has 0 bridgehead atoms. The predicted octanol–water partition coefficient (Wildman–Crippen LogP) is 4.11. The van der Waals surface area contributed by atoms with Crippen LogP contribution in [-0.4, -0.2) is 40.3 Å². The van der Waals surface area contributed by atoms with Gasteiger partial charge in [-0.25, -0.2) is 4.98 Å². The van der Waals surface area contributed by atoms with E-state index < -0.39 is 11.9 Å². The number of aryl methyl sites for hydroxylation is 1. The fraction of sp³-hybridized carbons (Fsp3) is 0.185. The van der Waals surface area contributed by atoms with Gasteiger partial charge in [-0.2, -0.15) is 5.26 Å². The maximum absolute atomic E-state index is 13.4. The van der Waals surface area contributed by atoms with Gasteiger partial charge in [-0.3, -0.25) is 24.9 Å². The number of aromatic nitrogens is 3. The molecule has 0 spiro atoms. The van der Waals surface area contributed by atoms with E-state index in [0.29, 0.717) is 57.4 Å². The highest BCUT2D eigenvalue weighted by Crippen LogP contribution is 2.36. The van der Waals surface area contributed by atoms with Crippen molar-refractivity contribution in [3.8, 4) is 22.9 Å². The van der Waals surface area contributed by atoms with Crippen LogP contribution < -0.4 is 15.4 Å². The Kier molecular flexibility index (Phi) is 6.72. The summed E-state index contributed by atoms with van der Waals surface area (Å²) in [5.41, 5.74) is 3.97. The average Bonchev–Trinajstić information content (AvgIpc) is 3.35. The number of nitriles is 1. The summed E-state index contributed by atoms with van der Waals surface area (Å²) >= 11 is 1.27. The van der Waals surface area contributed by atoms with Crippen LogP contribution in [0.15, 0.2) is 55.0 Å². The smallest absolute Gasteiger partial charge is 0.259 e. The number of ether oxygens (including phenoxy) is 1. The number of nitrogens with zero attached hydrogens (tertiary/aromatic N) is 4. The third-order valence-corrected chi connectivity index (χ3v) is 7.11. The van der Waals surface area contributed by atoms with Crippen molar-refractivity contribution in [3.05, 3.63) is 87.9 Å². The molecule has 1 unspecified atom stereocenters. The van der Waals surface area contributed by atoms with Gasteiger partial charge in [-0.05, 0) is 43.3 Å². The minimum Gasteiger partial charge on any atom is -0.496 e. The first-order chi connectivity index (χ1) is 18.0. The number of hydrogen-bond acceptors (Lipinski definition) is 9. The largest absolute Gasteiger partial charge is 0.496 e. The molecule has 1 atom stereocenters. The molecule has 4 aromatic rings. The van der Waals surface area contributed by atoms with E-state index in [9.17, 15) is 14.9 Å². The molecule has 0 fully saturated rings. The van der Waals surface area contributed by atoms with E-state index in [-0.39, 0.29) is 5.78 Å². The summed E-state index contributed by atoms with van der Waals surface area (Å²) in [6.45, 7) is 2.43. The number of ketones is 1. The molecule has 9 nitrogen and oxygen atoms in total. The van der Waals surface area contributed by atoms with Gasteiger partial charge in [-0.1, -0.05) is 11.3 Å². The minimum atomic E-state index is -0.550. The van der Waals surface area contributed by atoms with Crippen molar-refractivity contribution >= 4 is 28.2 Å². The molecule has 4 heterocycles. The quantitative estimate of drug-likeness (QED) is 0.371. The summed E-state index contributed by atoms with van der Waals surface area (Å²) in [5.74, 6) is 0.0392. The van der Waals surface area contributed by atoms with Gasteiger partial charge in [0.2, 0.25) is 0 Å². The van der Waals surface area contributed by atoms with E-state index in [0.717, 1.165) is 10.6 Å². The lowest BCUT2D eigenvalue weighted by Crippen LogP contribution is -2.34. The average molecular weight is 511 g/mol. The van der Waals surface area contributed by atoms with Crippen LogP contribution in [0.2, 0.25) is 0 Å². The SMILES string of the molecule is COc1ccc(C#N)cc1-c1cc(C)ncc1C(=O)Nc1nc2c(s1)C(C(=O)c1cccnc1)NCC2. The van der Waals surface area contributed by atoms with Crippen molar-refractivity contribution in [2.24, 2.45) is 0 Å². The number of rotatable bonds is 6. The maximum Gasteiger partial charge on any atom is 0.259 e. The van der Waals surface area contributed by atoms with Gasteiger partial charge in [0, 0.05) is 53.9 Å². The van der Waals surface area contributed by atoms with Gasteiger partial charge in [0.25, 0.3) is 5.91 Å². The second-order valence-corrected chi connectivity index (χ2v) is 9.46. The Morgan fingerprint density at radius 1 is 1.22 bits per heavy atom. The summed E-state index contributed by atoms with van der Waals surface area (Å²) in [4.78, 5) is 40.3. The lowest BCUT2D eigenvalue weighted by atomic mass is 9.97. The molecular formula is C27H22N6O3S. The Balaban J connectivity index is 1.47. The van der Waals surface area contributed by atoms with E-state index in [2.05, 4.69) is 31.7 Å². The zero-order valence-electron chi connectivity index (χ0n) is 20.1. The Labute approximate surface area is 217 Å². The molecule has 0 radical (unpaired) electrons. The fourth-order valence-electron chi connectivity index (χ4n) is 4.25. The highest BCUT2D eigenvalue weighted by molar-refractivity contribution is 7.16. The second kappa shape index (κ2) is 10.3. The first kappa shape index (κ1) is 24.2. The Bertz CT molecular complexity index is 1540. The maximum atomic E-state index is 13.4. The number of Topliss-reactive ketones (excluding diaryl/α,β-unsaturated/α-hetero) is 1. The van der Waals surface area contributed by atoms with Crippen LogP contribution in [-0.2, 0) is 6.42 Å². The highest BCUT2D eigenvalue weighted by Gasteiger charge is 2.31. The van der Waals surface area contributed by atoms with E-state index in [4.69, 9.17) is 4.74 Å². The second-order valence-electron chi connectivity index (χ2n) is 8.43. The van der Waals surface area contributed by atoms with Crippen LogP contribution in [0.5, 0.6) is 5.75 Å². The van der Waals surface area contributed by atoms with E-state index in [1.165, 1.54) is 24.6 Å². The first-order valence-corrected chi connectivity index (χ1v) is 12.3. The Hall–Kier alpha value is -4.46. The standard InChI is InChI=1S/C27H22N6O3S/c1-15-10-18(19-11-16(12-28)5-6-22(19)36-2)20(14-31-15)26(35)33-27-32-21-7-9-30-23(25(21)37-27)24(34)17-4-3-8-29-13-17/h3-6,8,10-11,13-14,23,30H,7,9H2,1-2H3,(H,32,33,35). The number of nitrogens with one attached hydrogen (secondary N) is 2. The number of fused-ring (bicyclic) bond motifs is 1. The minimum absolute atomic E-state index is 0.0925. The molecule has 3 aromatic heterocycles. The van der Waals surface area contributed by atoms with Crippen LogP contribution in [0, 0.1) is 18.3 Å². The molecule has 1 aliphatic heterocycles. The molecule has 5 rings (SSSR count). The van der Waals surface area contributed by atoms with E-state index in [1.807, 2.05) is 6.92 Å². The zero-order valence-corrected chi connectivity index (χ0v) is 20.9. The summed E-state index contributed by atoms with van der Waals surface area (Å²) in [6, 6.07) is 11.9. The van der Waals surface area contributed by atoms with Gasteiger partial charge < -0.3 is 10.1 Å². The Morgan fingerprint density at radius 2 is 2.08 bits per heavy atom. The number of hydrogen-bond donors (Lipinski definition) is 2. The van der Waals surface area contributed by atoms with E-state index >= 15 is 0 Å². The number of amides is 1. The molecule has 0 saturated heterocycles. The molecule has 0 aliphatic carbocycles. The Morgan fingerprint density at radius 3 is 2.84 bits per heavy atom. The fourth-order valence-corrected chi connectivity index (χ4v) is 5.33. The number of anilines is 1. The monoisotopic (exact) mass is 510 g/mol. The van der Waals surface area contributed by atoms with Crippen LogP contribution in [0.3, 0.4) is 0 Å². The van der Waals surface area contributed by atoms with Crippen molar-refractivity contribution < 1.29 is 14.3 Å². The van der Waals surface area contributed by atoms with Crippen molar-refractivity contribution in [1.82, 2.24) is 20.3 Å². The van der Waals surface area contributed by atoms with Crippen molar-refractivity contribution in [2.45, 2.75) is 19.4 Å². The molecule has 1 aliphatic rings. The van der Waals surface area contributed by atoms with E-state index in [1.54, 1.807) is 48.8 Å². The summed E-state index contributed by atoms with van der Waals surface area (Å²) in [6.07, 6.45) is 5.32. The third kappa shape index (κ3) is 4.82. The normalized spacial score (nSPS) is 14.4. The molecule has 184 valence electrons. The van der Waals surface area contributed by atoms with Gasteiger partial charge in [0.1, 0.15) is 11.8 Å². The van der Waals surface area contributed by atoms with Gasteiger partial charge >= 0.3 is 0 Å². The third-order valence-electron chi connectivity index (χ3n) is 6.03. The van der Waals surface area contributed by atoms with Crippen molar-refractivity contribution in [3.63, 3.8) is 0 Å². The molecule has 1 aromatic carbocycles. The molecule has 0 saturated carbocycles. The molecule has 1 amide bonds. The van der Waals surface area contributed by atoms with Crippen molar-refractivity contribution in [2.75, 3.05) is 19.0 Å². The van der Waals surface area contributed by atoms with Crippen LogP contribution >= 0.6 is 11.3 Å². The number of methoxy groups -OCH3 is 1. The topological polar surface area (TPSA) is 130 Å². The summed E-state index contributed by atoms with van der Waals surface area (Å²) in [5, 5.41) is 15.9. The zero-order chi connectivity index (χ0) is 25.9. The van der Waals surface area contributed by atoms with Crippen LogP contribution in [0.25, 0.3) is 11.1 Å². The number of carbonyl (C=O) groups is 2. The highest BCUT2D eigenvalue weighted by atomic mass is 32.1. The molecule has 37 heavy (non-hydrogen) atoms. The lowest BCUT2D eigenvalue weighted by molar-refractivity contribution is 0.0940. The summed E-state index contributed by atoms with van der Waals surface area (Å²) < 4.78 is 5.50. The predicted molar refractivity (Wildman–Crippen MR) is 139 cm³/mol. The summed E-state index contributed by atoms with van der Waals surface area (Å²) in [7, 11) is 1.54. The van der Waals surface area contributed by atoms with Gasteiger partial charge in [0.05, 0.1) is 34.9 Å². The first-order valence-electron chi connectivity index (χ1n) is 11.5. The van der Waals surface area contributed by atoms with Gasteiger partial charge in [-0.15, -0.1) is 0 Å². The number of benzene rings is 1. The molecule has 2 N–H and O–H groups in total. The van der Waals surface area contributed by atoms with Gasteiger partial charge in [0.15, 0.2) is 10.9 Å². The number of pyridine rings is 2.